The number of carboxylic acid groups (broad SMARTS) is 1. The van der Waals surface area contributed by atoms with Crippen molar-refractivity contribution in [3.05, 3.63) is 0 Å². The van der Waals surface area contributed by atoms with Crippen LogP contribution in [0.15, 0.2) is 0 Å². The lowest BCUT2D eigenvalue weighted by molar-refractivity contribution is -0.143. The number of rotatable bonds is 15. The Hall–Kier alpha value is -0.930. The van der Waals surface area contributed by atoms with Crippen molar-refractivity contribution in [1.82, 2.24) is 5.32 Å². The normalized spacial score (nSPS) is 10.5. The minimum absolute atomic E-state index is 0.280. The molecule has 0 unspecified atom stereocenters. The standard InChI is InChI=1S/C12H22ClNO7/c13-1-3-18-5-7-20-8-6-19-4-2-14-11(15)9-21-10-12(16)17/h1-10H2,(H,14,15)(H,16,17). The molecule has 1 amide bonds. The van der Waals surface area contributed by atoms with Crippen molar-refractivity contribution in [1.29, 1.82) is 0 Å². The largest absolute Gasteiger partial charge is 0.480 e. The van der Waals surface area contributed by atoms with Crippen molar-refractivity contribution >= 4 is 23.5 Å². The van der Waals surface area contributed by atoms with Gasteiger partial charge >= 0.3 is 5.97 Å². The van der Waals surface area contributed by atoms with Gasteiger partial charge in [-0.05, 0) is 0 Å². The first-order valence-corrected chi connectivity index (χ1v) is 7.05. The second-order valence-electron chi connectivity index (χ2n) is 3.76. The minimum atomic E-state index is -1.11. The van der Waals surface area contributed by atoms with Crippen LogP contribution in [0.2, 0.25) is 0 Å². The van der Waals surface area contributed by atoms with E-state index >= 15 is 0 Å². The smallest absolute Gasteiger partial charge is 0.329 e. The van der Waals surface area contributed by atoms with Crippen LogP contribution in [0.3, 0.4) is 0 Å². The second kappa shape index (κ2) is 15.5. The molecule has 0 aliphatic heterocycles. The van der Waals surface area contributed by atoms with Crippen LogP contribution in [0, 0.1) is 0 Å². The van der Waals surface area contributed by atoms with Crippen LogP contribution in [-0.4, -0.2) is 82.3 Å². The first-order valence-electron chi connectivity index (χ1n) is 6.52. The molecule has 0 spiro atoms. The Labute approximate surface area is 128 Å². The number of carboxylic acids is 1. The Kier molecular flexibility index (Phi) is 14.8. The van der Waals surface area contributed by atoms with Gasteiger partial charge in [-0.25, -0.2) is 4.79 Å². The van der Waals surface area contributed by atoms with E-state index < -0.39 is 12.6 Å². The molecule has 0 radical (unpaired) electrons. The zero-order valence-electron chi connectivity index (χ0n) is 11.8. The second-order valence-corrected chi connectivity index (χ2v) is 4.14. The van der Waals surface area contributed by atoms with E-state index in [9.17, 15) is 9.59 Å². The molecule has 0 aromatic heterocycles. The van der Waals surface area contributed by atoms with Crippen LogP contribution >= 0.6 is 11.6 Å². The van der Waals surface area contributed by atoms with Crippen LogP contribution in [0.25, 0.3) is 0 Å². The fourth-order valence-corrected chi connectivity index (χ4v) is 1.25. The lowest BCUT2D eigenvalue weighted by Gasteiger charge is -2.07. The number of ether oxygens (including phenoxy) is 4. The zero-order valence-corrected chi connectivity index (χ0v) is 12.6. The van der Waals surface area contributed by atoms with Gasteiger partial charge in [0.2, 0.25) is 5.91 Å². The van der Waals surface area contributed by atoms with Gasteiger partial charge in [0, 0.05) is 12.4 Å². The highest BCUT2D eigenvalue weighted by Gasteiger charge is 2.02. The molecule has 0 bridgehead atoms. The van der Waals surface area contributed by atoms with Gasteiger partial charge in [-0.2, -0.15) is 0 Å². The summed E-state index contributed by atoms with van der Waals surface area (Å²) < 4.78 is 20.2. The van der Waals surface area contributed by atoms with Crippen LogP contribution in [0.4, 0.5) is 0 Å². The number of halogens is 1. The van der Waals surface area contributed by atoms with Gasteiger partial charge in [0.25, 0.3) is 0 Å². The van der Waals surface area contributed by atoms with Crippen molar-refractivity contribution in [3.63, 3.8) is 0 Å². The Morgan fingerprint density at radius 1 is 0.857 bits per heavy atom. The van der Waals surface area contributed by atoms with Gasteiger partial charge in [-0.3, -0.25) is 4.79 Å². The van der Waals surface area contributed by atoms with E-state index in [2.05, 4.69) is 10.1 Å². The van der Waals surface area contributed by atoms with E-state index in [1.807, 2.05) is 0 Å². The molecule has 0 aliphatic carbocycles. The average Bonchev–Trinajstić information content (AvgIpc) is 2.44. The highest BCUT2D eigenvalue weighted by molar-refractivity contribution is 6.17. The number of carbonyl (C=O) groups excluding carboxylic acids is 1. The van der Waals surface area contributed by atoms with Crippen LogP contribution in [0.5, 0.6) is 0 Å². The van der Waals surface area contributed by atoms with Gasteiger partial charge in [0.1, 0.15) is 13.2 Å². The van der Waals surface area contributed by atoms with E-state index in [1.54, 1.807) is 0 Å². The fraction of sp³-hybridized carbons (Fsp3) is 0.833. The zero-order chi connectivity index (χ0) is 15.8. The molecule has 0 saturated heterocycles. The van der Waals surface area contributed by atoms with Gasteiger partial charge in [-0.1, -0.05) is 0 Å². The molecule has 0 saturated carbocycles. The lowest BCUT2D eigenvalue weighted by atomic mass is 10.6. The third-order valence-electron chi connectivity index (χ3n) is 1.99. The quantitative estimate of drug-likeness (QED) is 0.308. The van der Waals surface area contributed by atoms with Crippen molar-refractivity contribution in [2.45, 2.75) is 0 Å². The molecule has 0 aromatic rings. The Morgan fingerprint density at radius 2 is 1.43 bits per heavy atom. The summed E-state index contributed by atoms with van der Waals surface area (Å²) in [6.45, 7) is 2.26. The lowest BCUT2D eigenvalue weighted by Crippen LogP contribution is -2.31. The summed E-state index contributed by atoms with van der Waals surface area (Å²) in [5.74, 6) is -1.03. The average molecular weight is 328 g/mol. The van der Waals surface area contributed by atoms with Crippen LogP contribution in [-0.2, 0) is 28.5 Å². The molecule has 21 heavy (non-hydrogen) atoms. The number of amides is 1. The Morgan fingerprint density at radius 3 is 2.00 bits per heavy atom. The SMILES string of the molecule is O=C(O)COCC(=O)NCCOCCOCCOCCCl. The number of hydrogen-bond acceptors (Lipinski definition) is 6. The molecule has 0 atom stereocenters. The molecular weight excluding hydrogens is 306 g/mol. The molecule has 2 N–H and O–H groups in total. The van der Waals surface area contributed by atoms with Crippen LogP contribution < -0.4 is 5.32 Å². The number of nitrogens with one attached hydrogen (secondary N) is 1. The number of carbonyl (C=O) groups is 2. The van der Waals surface area contributed by atoms with Gasteiger partial charge in [0.05, 0.1) is 39.6 Å². The van der Waals surface area contributed by atoms with E-state index in [0.717, 1.165) is 0 Å². The van der Waals surface area contributed by atoms with E-state index in [1.165, 1.54) is 0 Å². The molecule has 0 aromatic carbocycles. The van der Waals surface area contributed by atoms with Crippen molar-refractivity contribution in [2.24, 2.45) is 0 Å². The topological polar surface area (TPSA) is 103 Å². The summed E-state index contributed by atoms with van der Waals surface area (Å²) in [5.41, 5.74) is 0. The van der Waals surface area contributed by atoms with E-state index in [0.29, 0.717) is 52.1 Å². The highest BCUT2D eigenvalue weighted by atomic mass is 35.5. The first kappa shape index (κ1) is 20.1. The molecule has 124 valence electrons. The molecule has 0 rings (SSSR count). The third-order valence-corrected chi connectivity index (χ3v) is 2.15. The fourth-order valence-electron chi connectivity index (χ4n) is 1.14. The molecule has 9 heteroatoms. The molecular formula is C12H22ClNO7. The summed E-state index contributed by atoms with van der Waals surface area (Å²) >= 11 is 5.43. The van der Waals surface area contributed by atoms with Crippen LogP contribution in [0.1, 0.15) is 0 Å². The third kappa shape index (κ3) is 17.0. The minimum Gasteiger partial charge on any atom is -0.480 e. The Bertz CT molecular complexity index is 278. The van der Waals surface area contributed by atoms with Crippen molar-refractivity contribution in [2.75, 3.05) is 65.3 Å². The Balaban J connectivity index is 3.14. The van der Waals surface area contributed by atoms with Gasteiger partial charge < -0.3 is 29.4 Å². The summed E-state index contributed by atoms with van der Waals surface area (Å²) in [4.78, 5) is 21.3. The maximum atomic E-state index is 11.2. The number of aliphatic carboxylic acids is 1. The maximum Gasteiger partial charge on any atom is 0.329 e. The molecule has 0 aliphatic rings. The highest BCUT2D eigenvalue weighted by Crippen LogP contribution is 1.83. The van der Waals surface area contributed by atoms with E-state index in [4.69, 9.17) is 30.9 Å². The molecule has 8 nitrogen and oxygen atoms in total. The maximum absolute atomic E-state index is 11.2. The summed E-state index contributed by atoms with van der Waals surface area (Å²) in [7, 11) is 0. The summed E-state index contributed by atoms with van der Waals surface area (Å²) in [6.07, 6.45) is 0. The van der Waals surface area contributed by atoms with Crippen molar-refractivity contribution in [3.8, 4) is 0 Å². The number of alkyl halides is 1. The van der Waals surface area contributed by atoms with E-state index in [-0.39, 0.29) is 12.5 Å². The first-order chi connectivity index (χ1) is 10.2. The number of hydrogen-bond donors (Lipinski definition) is 2. The molecule has 0 heterocycles. The monoisotopic (exact) mass is 327 g/mol. The summed E-state index contributed by atoms with van der Waals surface area (Å²) in [6, 6.07) is 0. The van der Waals surface area contributed by atoms with Crippen molar-refractivity contribution < 1.29 is 33.6 Å². The summed E-state index contributed by atoms with van der Waals surface area (Å²) in [5, 5.41) is 10.8. The van der Waals surface area contributed by atoms with Gasteiger partial charge in [0.15, 0.2) is 0 Å². The predicted octanol–water partition coefficient (Wildman–Crippen LogP) is -0.508. The molecule has 0 fully saturated rings. The predicted molar refractivity (Wildman–Crippen MR) is 74.6 cm³/mol. The van der Waals surface area contributed by atoms with Gasteiger partial charge in [-0.15, -0.1) is 11.6 Å².